The van der Waals surface area contributed by atoms with E-state index < -0.39 is 0 Å². The highest BCUT2D eigenvalue weighted by molar-refractivity contribution is 5.83. The van der Waals surface area contributed by atoms with Crippen molar-refractivity contribution in [3.8, 4) is 0 Å². The van der Waals surface area contributed by atoms with E-state index in [1.54, 1.807) is 0 Å². The number of nitrogens with one attached hydrogen (secondary N) is 2. The molecule has 0 bridgehead atoms. The van der Waals surface area contributed by atoms with Crippen LogP contribution in [-0.2, 0) is 16.1 Å². The Hall–Kier alpha value is -1.92. The van der Waals surface area contributed by atoms with Gasteiger partial charge < -0.3 is 10.6 Å². The van der Waals surface area contributed by atoms with Gasteiger partial charge in [-0.2, -0.15) is 0 Å². The standard InChI is InChI=1S/C22H32N4O2/c1-25-18(9-10-20(27)23-13-16-5-3-2-4-6-16)14-24-22(28)21-19(25)11-12-26(21)15-17-7-8-17/h2-6,17-19,21H,7-15H2,1H3,(H,23,27)(H,24,28)/t18-,19+,21-/m0/s1. The zero-order chi connectivity index (χ0) is 19.5. The molecule has 2 heterocycles. The fraction of sp³-hybridized carbons (Fsp3) is 0.636. The summed E-state index contributed by atoms with van der Waals surface area (Å²) in [5.74, 6) is 1.04. The molecular formula is C22H32N4O2. The van der Waals surface area contributed by atoms with Crippen molar-refractivity contribution in [3.63, 3.8) is 0 Å². The second-order valence-electron chi connectivity index (χ2n) is 8.60. The minimum absolute atomic E-state index is 0.0255. The Morgan fingerprint density at radius 2 is 2.00 bits per heavy atom. The molecular weight excluding hydrogens is 352 g/mol. The normalized spacial score (nSPS) is 28.5. The Labute approximate surface area is 167 Å². The number of carbonyl (C=O) groups is 2. The van der Waals surface area contributed by atoms with E-state index in [0.717, 1.165) is 37.4 Å². The lowest BCUT2D eigenvalue weighted by molar-refractivity contribution is -0.126. The molecule has 2 saturated heterocycles. The first kappa shape index (κ1) is 19.4. The monoisotopic (exact) mass is 384 g/mol. The van der Waals surface area contributed by atoms with Crippen LogP contribution < -0.4 is 10.6 Å². The smallest absolute Gasteiger partial charge is 0.239 e. The Bertz CT molecular complexity index is 691. The summed E-state index contributed by atoms with van der Waals surface area (Å²) in [5.41, 5.74) is 1.11. The van der Waals surface area contributed by atoms with E-state index in [2.05, 4.69) is 27.5 Å². The number of amides is 2. The maximum absolute atomic E-state index is 12.7. The number of hydrogen-bond donors (Lipinski definition) is 2. The predicted molar refractivity (Wildman–Crippen MR) is 109 cm³/mol. The molecule has 1 saturated carbocycles. The SMILES string of the molecule is CN1[C@@H](CCC(=O)NCc2ccccc2)CNC(=O)[C@@H]2[C@H]1CCN2CC1CC1. The van der Waals surface area contributed by atoms with Gasteiger partial charge in [0, 0.05) is 44.7 Å². The van der Waals surface area contributed by atoms with Crippen LogP contribution in [0.3, 0.4) is 0 Å². The van der Waals surface area contributed by atoms with Gasteiger partial charge in [0.1, 0.15) is 6.04 Å². The van der Waals surface area contributed by atoms with Gasteiger partial charge in [0.05, 0.1) is 0 Å². The first-order valence-corrected chi connectivity index (χ1v) is 10.7. The van der Waals surface area contributed by atoms with Crippen molar-refractivity contribution in [2.24, 2.45) is 5.92 Å². The molecule has 4 rings (SSSR count). The lowest BCUT2D eigenvalue weighted by atomic mass is 10.0. The van der Waals surface area contributed by atoms with Crippen LogP contribution in [0.4, 0.5) is 0 Å². The number of benzene rings is 1. The molecule has 3 aliphatic rings. The van der Waals surface area contributed by atoms with Crippen molar-refractivity contribution < 1.29 is 9.59 Å². The molecule has 2 amide bonds. The molecule has 28 heavy (non-hydrogen) atoms. The Kier molecular flexibility index (Phi) is 5.97. The van der Waals surface area contributed by atoms with Gasteiger partial charge in [0.2, 0.25) is 11.8 Å². The van der Waals surface area contributed by atoms with Crippen LogP contribution >= 0.6 is 0 Å². The number of nitrogens with zero attached hydrogens (tertiary/aromatic N) is 2. The van der Waals surface area contributed by atoms with Crippen LogP contribution in [0.1, 0.15) is 37.7 Å². The third-order valence-corrected chi connectivity index (χ3v) is 6.58. The Morgan fingerprint density at radius 1 is 1.21 bits per heavy atom. The van der Waals surface area contributed by atoms with Crippen LogP contribution in [0.25, 0.3) is 0 Å². The van der Waals surface area contributed by atoms with E-state index >= 15 is 0 Å². The topological polar surface area (TPSA) is 64.7 Å². The second kappa shape index (κ2) is 8.62. The van der Waals surface area contributed by atoms with E-state index in [0.29, 0.717) is 19.5 Å². The lowest BCUT2D eigenvalue weighted by Gasteiger charge is -2.33. The van der Waals surface area contributed by atoms with Crippen molar-refractivity contribution in [1.29, 1.82) is 0 Å². The molecule has 2 N–H and O–H groups in total. The Balaban J connectivity index is 1.29. The average Bonchev–Trinajstić information content (AvgIpc) is 3.44. The van der Waals surface area contributed by atoms with Crippen LogP contribution in [0, 0.1) is 5.92 Å². The molecule has 152 valence electrons. The quantitative estimate of drug-likeness (QED) is 0.745. The number of likely N-dealkylation sites (N-methyl/N-ethyl adjacent to an activating group) is 1. The van der Waals surface area contributed by atoms with Crippen LogP contribution in [-0.4, -0.2) is 66.4 Å². The third kappa shape index (κ3) is 4.55. The molecule has 3 fully saturated rings. The van der Waals surface area contributed by atoms with Gasteiger partial charge in [0.15, 0.2) is 0 Å². The van der Waals surface area contributed by atoms with Gasteiger partial charge in [-0.05, 0) is 44.2 Å². The third-order valence-electron chi connectivity index (χ3n) is 6.58. The number of hydrogen-bond acceptors (Lipinski definition) is 4. The van der Waals surface area contributed by atoms with Gasteiger partial charge in [-0.3, -0.25) is 19.4 Å². The van der Waals surface area contributed by atoms with Crippen molar-refractivity contribution in [3.05, 3.63) is 35.9 Å². The number of carbonyl (C=O) groups excluding carboxylic acids is 2. The highest BCUT2D eigenvalue weighted by Crippen LogP contribution is 2.34. The maximum Gasteiger partial charge on any atom is 0.239 e. The molecule has 0 spiro atoms. The minimum atomic E-state index is -0.0255. The summed E-state index contributed by atoms with van der Waals surface area (Å²) < 4.78 is 0. The van der Waals surface area contributed by atoms with Crippen LogP contribution in [0.2, 0.25) is 0 Å². The summed E-state index contributed by atoms with van der Waals surface area (Å²) in [6.07, 6.45) is 4.92. The summed E-state index contributed by atoms with van der Waals surface area (Å²) in [6.45, 7) is 3.27. The summed E-state index contributed by atoms with van der Waals surface area (Å²) in [7, 11) is 2.13. The van der Waals surface area contributed by atoms with Crippen molar-refractivity contribution >= 4 is 11.8 Å². The van der Waals surface area contributed by atoms with Gasteiger partial charge in [-0.25, -0.2) is 0 Å². The number of fused-ring (bicyclic) bond motifs is 1. The van der Waals surface area contributed by atoms with E-state index in [-0.39, 0.29) is 29.9 Å². The minimum Gasteiger partial charge on any atom is -0.353 e. The van der Waals surface area contributed by atoms with Crippen molar-refractivity contribution in [2.75, 3.05) is 26.7 Å². The van der Waals surface area contributed by atoms with Gasteiger partial charge in [-0.1, -0.05) is 30.3 Å². The first-order chi connectivity index (χ1) is 13.6. The summed E-state index contributed by atoms with van der Waals surface area (Å²) >= 11 is 0. The fourth-order valence-electron chi connectivity index (χ4n) is 4.67. The molecule has 3 atom stereocenters. The Morgan fingerprint density at radius 3 is 2.75 bits per heavy atom. The largest absolute Gasteiger partial charge is 0.353 e. The van der Waals surface area contributed by atoms with E-state index in [4.69, 9.17) is 0 Å². The second-order valence-corrected chi connectivity index (χ2v) is 8.60. The zero-order valence-electron chi connectivity index (χ0n) is 16.8. The molecule has 1 aromatic carbocycles. The van der Waals surface area contributed by atoms with E-state index in [1.165, 1.54) is 12.8 Å². The maximum atomic E-state index is 12.7. The van der Waals surface area contributed by atoms with Crippen LogP contribution in [0.5, 0.6) is 0 Å². The van der Waals surface area contributed by atoms with Gasteiger partial charge in [0.25, 0.3) is 0 Å². The van der Waals surface area contributed by atoms with Gasteiger partial charge in [-0.15, -0.1) is 0 Å². The average molecular weight is 385 g/mol. The molecule has 0 aromatic heterocycles. The number of rotatable bonds is 7. The summed E-state index contributed by atoms with van der Waals surface area (Å²) in [4.78, 5) is 29.8. The van der Waals surface area contributed by atoms with Crippen molar-refractivity contribution in [1.82, 2.24) is 20.4 Å². The lowest BCUT2D eigenvalue weighted by Crippen LogP contribution is -2.50. The number of likely N-dealkylation sites (tertiary alicyclic amines) is 1. The van der Waals surface area contributed by atoms with Crippen LogP contribution in [0.15, 0.2) is 30.3 Å². The summed E-state index contributed by atoms with van der Waals surface area (Å²) in [5, 5.41) is 6.15. The molecule has 0 unspecified atom stereocenters. The van der Waals surface area contributed by atoms with Gasteiger partial charge >= 0.3 is 0 Å². The molecule has 0 radical (unpaired) electrons. The fourth-order valence-corrected chi connectivity index (χ4v) is 4.67. The molecule has 6 heteroatoms. The highest BCUT2D eigenvalue weighted by Gasteiger charge is 2.46. The molecule has 6 nitrogen and oxygen atoms in total. The van der Waals surface area contributed by atoms with Crippen molar-refractivity contribution in [2.45, 2.75) is 56.8 Å². The summed E-state index contributed by atoms with van der Waals surface area (Å²) in [6, 6.07) is 10.4. The molecule has 2 aliphatic heterocycles. The molecule has 1 aromatic rings. The zero-order valence-corrected chi connectivity index (χ0v) is 16.8. The molecule has 1 aliphatic carbocycles. The van der Waals surface area contributed by atoms with E-state index in [9.17, 15) is 9.59 Å². The van der Waals surface area contributed by atoms with E-state index in [1.807, 2.05) is 30.3 Å². The highest BCUT2D eigenvalue weighted by atomic mass is 16.2. The first-order valence-electron chi connectivity index (χ1n) is 10.7. The predicted octanol–water partition coefficient (Wildman–Crippen LogP) is 1.37.